The molecule has 0 aliphatic heterocycles. The molecule has 0 radical (unpaired) electrons. The van der Waals surface area contributed by atoms with E-state index >= 15 is 0 Å². The first-order chi connectivity index (χ1) is 7.66. The van der Waals surface area contributed by atoms with Crippen LogP contribution in [0.1, 0.15) is 38.5 Å². The molecule has 2 aliphatic rings. The number of amides is 1. The van der Waals surface area contributed by atoms with E-state index in [1.54, 1.807) is 7.11 Å². The summed E-state index contributed by atoms with van der Waals surface area (Å²) in [6.07, 6.45) is 6.38. The molecule has 2 rings (SSSR count). The molecule has 3 N–H and O–H groups in total. The monoisotopic (exact) mass is 226 g/mol. The highest BCUT2D eigenvalue weighted by Crippen LogP contribution is 2.33. The number of hydrogen-bond acceptors (Lipinski definition) is 3. The van der Waals surface area contributed by atoms with Crippen molar-refractivity contribution in [2.45, 2.75) is 50.2 Å². The molecule has 0 aromatic heterocycles. The Balaban J connectivity index is 1.97. The summed E-state index contributed by atoms with van der Waals surface area (Å²) in [7, 11) is 1.71. The van der Waals surface area contributed by atoms with Crippen molar-refractivity contribution < 1.29 is 9.53 Å². The van der Waals surface area contributed by atoms with E-state index in [0.29, 0.717) is 0 Å². The average molecular weight is 226 g/mol. The first-order valence-corrected chi connectivity index (χ1v) is 6.24. The fourth-order valence-corrected chi connectivity index (χ4v) is 2.56. The van der Waals surface area contributed by atoms with Crippen LogP contribution in [-0.4, -0.2) is 31.2 Å². The average Bonchev–Trinajstić information content (AvgIpc) is 3.10. The molecule has 0 aromatic rings. The van der Waals surface area contributed by atoms with E-state index in [4.69, 9.17) is 10.5 Å². The van der Waals surface area contributed by atoms with E-state index in [2.05, 4.69) is 5.32 Å². The van der Waals surface area contributed by atoms with Crippen LogP contribution in [0.25, 0.3) is 0 Å². The quantitative estimate of drug-likeness (QED) is 0.728. The molecule has 2 atom stereocenters. The summed E-state index contributed by atoms with van der Waals surface area (Å²) >= 11 is 0. The summed E-state index contributed by atoms with van der Waals surface area (Å²) in [6.45, 7) is 0.930. The highest BCUT2D eigenvalue weighted by molar-refractivity contribution is 5.84. The smallest absolute Gasteiger partial charge is 0.237 e. The number of hydrogen-bond donors (Lipinski definition) is 2. The number of carbonyl (C=O) groups excluding carboxylic acids is 1. The summed E-state index contributed by atoms with van der Waals surface area (Å²) < 4.78 is 5.37. The normalized spacial score (nSPS) is 34.9. The van der Waals surface area contributed by atoms with Crippen molar-refractivity contribution >= 4 is 5.91 Å². The maximum absolute atomic E-state index is 11.7. The predicted octanol–water partition coefficient (Wildman–Crippen LogP) is 0.799. The number of nitrogens with one attached hydrogen (secondary N) is 1. The molecule has 2 saturated carbocycles. The van der Waals surface area contributed by atoms with Crippen LogP contribution in [0, 0.1) is 5.92 Å². The molecule has 1 amide bonds. The van der Waals surface area contributed by atoms with Crippen molar-refractivity contribution in [3.05, 3.63) is 0 Å². The van der Waals surface area contributed by atoms with Crippen LogP contribution in [0.5, 0.6) is 0 Å². The van der Waals surface area contributed by atoms with Gasteiger partial charge in [0.2, 0.25) is 5.91 Å². The minimum atomic E-state index is -0.512. The number of carbonyl (C=O) groups is 1. The number of methoxy groups -OCH3 is 1. The molecule has 4 nitrogen and oxygen atoms in total. The molecular formula is C12H22N2O2. The number of primary amides is 1. The molecule has 0 spiro atoms. The lowest BCUT2D eigenvalue weighted by Crippen LogP contribution is -2.59. The van der Waals surface area contributed by atoms with Crippen molar-refractivity contribution in [3.63, 3.8) is 0 Å². The second kappa shape index (κ2) is 4.72. The standard InChI is InChI=1S/C12H22N2O2/c1-16-10-3-2-6-12(7-10,11(13)15)14-8-9-4-5-9/h9-10,14H,2-8H2,1H3,(H2,13,15). The predicted molar refractivity (Wildman–Crippen MR) is 61.9 cm³/mol. The van der Waals surface area contributed by atoms with Gasteiger partial charge < -0.3 is 15.8 Å². The Labute approximate surface area is 96.9 Å². The second-order valence-corrected chi connectivity index (χ2v) is 5.22. The lowest BCUT2D eigenvalue weighted by molar-refractivity contribution is -0.128. The Kier molecular flexibility index (Phi) is 3.50. The molecular weight excluding hydrogens is 204 g/mol. The molecule has 0 heterocycles. The van der Waals surface area contributed by atoms with Crippen LogP contribution in [0.4, 0.5) is 0 Å². The zero-order valence-corrected chi connectivity index (χ0v) is 10.00. The maximum Gasteiger partial charge on any atom is 0.237 e. The van der Waals surface area contributed by atoms with E-state index in [1.807, 2.05) is 0 Å². The van der Waals surface area contributed by atoms with Crippen LogP contribution >= 0.6 is 0 Å². The third-order valence-electron chi connectivity index (χ3n) is 3.94. The Hall–Kier alpha value is -0.610. The summed E-state index contributed by atoms with van der Waals surface area (Å²) in [5.41, 5.74) is 5.06. The van der Waals surface area contributed by atoms with Crippen LogP contribution in [0.15, 0.2) is 0 Å². The van der Waals surface area contributed by atoms with Crippen LogP contribution in [-0.2, 0) is 9.53 Å². The zero-order valence-electron chi connectivity index (χ0n) is 10.00. The minimum Gasteiger partial charge on any atom is -0.381 e. The van der Waals surface area contributed by atoms with Gasteiger partial charge in [-0.05, 0) is 44.6 Å². The van der Waals surface area contributed by atoms with Gasteiger partial charge in [0, 0.05) is 13.5 Å². The van der Waals surface area contributed by atoms with Crippen molar-refractivity contribution in [2.24, 2.45) is 11.7 Å². The number of nitrogens with two attached hydrogens (primary N) is 1. The van der Waals surface area contributed by atoms with E-state index in [1.165, 1.54) is 12.8 Å². The fourth-order valence-electron chi connectivity index (χ4n) is 2.56. The molecule has 2 aliphatic carbocycles. The van der Waals surface area contributed by atoms with E-state index in [0.717, 1.165) is 38.1 Å². The van der Waals surface area contributed by atoms with Crippen molar-refractivity contribution in [1.82, 2.24) is 5.32 Å². The fraction of sp³-hybridized carbons (Fsp3) is 0.917. The third kappa shape index (κ3) is 2.55. The van der Waals surface area contributed by atoms with Gasteiger partial charge in [-0.1, -0.05) is 0 Å². The second-order valence-electron chi connectivity index (χ2n) is 5.22. The summed E-state index contributed by atoms with van der Waals surface area (Å²) in [5.74, 6) is 0.550. The van der Waals surface area contributed by atoms with Crippen LogP contribution in [0.2, 0.25) is 0 Å². The molecule has 92 valence electrons. The van der Waals surface area contributed by atoms with Gasteiger partial charge in [0.1, 0.15) is 5.54 Å². The molecule has 16 heavy (non-hydrogen) atoms. The first-order valence-electron chi connectivity index (χ1n) is 6.24. The van der Waals surface area contributed by atoms with Crippen molar-refractivity contribution in [2.75, 3.05) is 13.7 Å². The first kappa shape index (κ1) is 11.9. The molecule has 0 saturated heterocycles. The zero-order chi connectivity index (χ0) is 11.6. The van der Waals surface area contributed by atoms with E-state index < -0.39 is 5.54 Å². The van der Waals surface area contributed by atoms with Gasteiger partial charge in [-0.2, -0.15) is 0 Å². The lowest BCUT2D eigenvalue weighted by Gasteiger charge is -2.38. The number of ether oxygens (including phenoxy) is 1. The van der Waals surface area contributed by atoms with Crippen LogP contribution in [0.3, 0.4) is 0 Å². The van der Waals surface area contributed by atoms with E-state index in [9.17, 15) is 4.79 Å². The largest absolute Gasteiger partial charge is 0.381 e. The minimum absolute atomic E-state index is 0.174. The Morgan fingerprint density at radius 2 is 2.25 bits per heavy atom. The SMILES string of the molecule is COC1CCCC(NCC2CC2)(C(N)=O)C1. The number of rotatable bonds is 5. The van der Waals surface area contributed by atoms with Gasteiger partial charge in [-0.15, -0.1) is 0 Å². The Morgan fingerprint density at radius 1 is 1.50 bits per heavy atom. The van der Waals surface area contributed by atoms with Gasteiger partial charge in [0.05, 0.1) is 6.10 Å². The Morgan fingerprint density at radius 3 is 2.81 bits per heavy atom. The highest BCUT2D eigenvalue weighted by atomic mass is 16.5. The van der Waals surface area contributed by atoms with E-state index in [-0.39, 0.29) is 12.0 Å². The molecule has 2 fully saturated rings. The molecule has 2 unspecified atom stereocenters. The van der Waals surface area contributed by atoms with Gasteiger partial charge in [0.15, 0.2) is 0 Å². The van der Waals surface area contributed by atoms with Gasteiger partial charge in [-0.25, -0.2) is 0 Å². The maximum atomic E-state index is 11.7. The van der Waals surface area contributed by atoms with Gasteiger partial charge in [-0.3, -0.25) is 4.79 Å². The summed E-state index contributed by atoms with van der Waals surface area (Å²) in [5, 5.41) is 3.41. The Bertz CT molecular complexity index is 266. The third-order valence-corrected chi connectivity index (χ3v) is 3.94. The van der Waals surface area contributed by atoms with Crippen molar-refractivity contribution in [1.29, 1.82) is 0 Å². The highest BCUT2D eigenvalue weighted by Gasteiger charge is 2.42. The molecule has 4 heteroatoms. The van der Waals surface area contributed by atoms with Gasteiger partial charge in [0.25, 0.3) is 0 Å². The summed E-state index contributed by atoms with van der Waals surface area (Å²) in [4.78, 5) is 11.7. The summed E-state index contributed by atoms with van der Waals surface area (Å²) in [6, 6.07) is 0. The van der Waals surface area contributed by atoms with Gasteiger partial charge >= 0.3 is 0 Å². The molecule has 0 aromatic carbocycles. The van der Waals surface area contributed by atoms with Crippen molar-refractivity contribution in [3.8, 4) is 0 Å². The van der Waals surface area contributed by atoms with Crippen LogP contribution < -0.4 is 11.1 Å². The topological polar surface area (TPSA) is 64.3 Å². The lowest BCUT2D eigenvalue weighted by atomic mass is 9.79. The molecule has 0 bridgehead atoms.